The van der Waals surface area contributed by atoms with Crippen molar-refractivity contribution in [3.05, 3.63) is 0 Å². The first kappa shape index (κ1) is 12.0. The fourth-order valence-electron chi connectivity index (χ4n) is 2.14. The molecule has 0 heterocycles. The molecule has 0 bridgehead atoms. The number of nitrogens with one attached hydrogen (secondary N) is 1. The van der Waals surface area contributed by atoms with Crippen LogP contribution in [0.15, 0.2) is 0 Å². The number of carbonyl (C=O) groups excluding carboxylic acids is 2. The second-order valence-electron chi connectivity index (χ2n) is 4.04. The predicted octanol–water partition coefficient (Wildman–Crippen LogP) is 1.39. The van der Waals surface area contributed by atoms with Crippen LogP contribution in [0.5, 0.6) is 0 Å². The lowest BCUT2D eigenvalue weighted by Crippen LogP contribution is -2.55. The lowest BCUT2D eigenvalue weighted by Gasteiger charge is -2.35. The summed E-state index contributed by atoms with van der Waals surface area (Å²) < 4.78 is 5.03. The summed E-state index contributed by atoms with van der Waals surface area (Å²) in [6, 6.07) is 0. The zero-order chi connectivity index (χ0) is 11.3. The molecular weight excluding hydrogens is 194 g/mol. The minimum Gasteiger partial charge on any atom is -0.464 e. The highest BCUT2D eigenvalue weighted by Gasteiger charge is 2.41. The Morgan fingerprint density at radius 1 is 1.27 bits per heavy atom. The summed E-state index contributed by atoms with van der Waals surface area (Å²) in [7, 11) is 0. The fraction of sp³-hybridized carbons (Fsp3) is 0.818. The summed E-state index contributed by atoms with van der Waals surface area (Å²) in [6.45, 7) is 3.58. The molecule has 0 aromatic rings. The minimum absolute atomic E-state index is 0.162. The van der Waals surface area contributed by atoms with E-state index in [1.54, 1.807) is 6.92 Å². The van der Waals surface area contributed by atoms with Gasteiger partial charge in [0, 0.05) is 6.92 Å². The first-order valence-electron chi connectivity index (χ1n) is 5.57. The normalized spacial score (nSPS) is 19.3. The summed E-state index contributed by atoms with van der Waals surface area (Å²) in [6.07, 6.45) is 4.47. The van der Waals surface area contributed by atoms with Crippen LogP contribution in [0, 0.1) is 0 Å². The van der Waals surface area contributed by atoms with Gasteiger partial charge in [0.1, 0.15) is 5.54 Å². The van der Waals surface area contributed by atoms with Crippen LogP contribution in [0.3, 0.4) is 0 Å². The standard InChI is InChI=1S/C11H19NO3/c1-3-15-10(14)11(12-9(2)13)7-5-4-6-8-11/h3-8H2,1-2H3,(H,12,13). The van der Waals surface area contributed by atoms with E-state index in [0.29, 0.717) is 19.4 Å². The van der Waals surface area contributed by atoms with Crippen molar-refractivity contribution in [3.63, 3.8) is 0 Å². The second kappa shape index (κ2) is 5.14. The molecule has 4 nitrogen and oxygen atoms in total. The molecule has 1 amide bonds. The second-order valence-corrected chi connectivity index (χ2v) is 4.04. The molecule has 0 saturated heterocycles. The van der Waals surface area contributed by atoms with E-state index in [4.69, 9.17) is 4.74 Å². The Morgan fingerprint density at radius 2 is 1.87 bits per heavy atom. The number of hydrogen-bond donors (Lipinski definition) is 1. The van der Waals surface area contributed by atoms with Crippen LogP contribution in [-0.2, 0) is 14.3 Å². The van der Waals surface area contributed by atoms with E-state index in [1.165, 1.54) is 6.92 Å². The molecule has 1 rings (SSSR count). The average Bonchev–Trinajstić information content (AvgIpc) is 2.18. The molecule has 1 aliphatic carbocycles. The van der Waals surface area contributed by atoms with Gasteiger partial charge in [0.15, 0.2) is 0 Å². The van der Waals surface area contributed by atoms with Gasteiger partial charge in [-0.25, -0.2) is 4.79 Å². The fourth-order valence-corrected chi connectivity index (χ4v) is 2.14. The van der Waals surface area contributed by atoms with Crippen molar-refractivity contribution in [1.29, 1.82) is 0 Å². The minimum atomic E-state index is -0.750. The maximum atomic E-state index is 11.8. The Hall–Kier alpha value is -1.06. The molecule has 15 heavy (non-hydrogen) atoms. The van der Waals surface area contributed by atoms with E-state index in [-0.39, 0.29) is 11.9 Å². The number of hydrogen-bond acceptors (Lipinski definition) is 3. The molecule has 0 aromatic carbocycles. The van der Waals surface area contributed by atoms with Crippen molar-refractivity contribution in [2.75, 3.05) is 6.61 Å². The maximum Gasteiger partial charge on any atom is 0.331 e. The highest BCUT2D eigenvalue weighted by atomic mass is 16.5. The zero-order valence-electron chi connectivity index (χ0n) is 9.47. The van der Waals surface area contributed by atoms with Crippen molar-refractivity contribution in [2.24, 2.45) is 0 Å². The van der Waals surface area contributed by atoms with Gasteiger partial charge in [0.25, 0.3) is 0 Å². The van der Waals surface area contributed by atoms with Gasteiger partial charge >= 0.3 is 5.97 Å². The lowest BCUT2D eigenvalue weighted by molar-refractivity contribution is -0.154. The van der Waals surface area contributed by atoms with Gasteiger partial charge in [-0.2, -0.15) is 0 Å². The first-order valence-corrected chi connectivity index (χ1v) is 5.57. The van der Waals surface area contributed by atoms with E-state index in [2.05, 4.69) is 5.32 Å². The number of ether oxygens (including phenoxy) is 1. The van der Waals surface area contributed by atoms with E-state index < -0.39 is 5.54 Å². The molecule has 1 saturated carbocycles. The third-order valence-electron chi connectivity index (χ3n) is 2.79. The van der Waals surface area contributed by atoms with Gasteiger partial charge in [-0.3, -0.25) is 4.79 Å². The van der Waals surface area contributed by atoms with Crippen molar-refractivity contribution in [2.45, 2.75) is 51.5 Å². The SMILES string of the molecule is CCOC(=O)C1(NC(C)=O)CCCCC1. The highest BCUT2D eigenvalue weighted by molar-refractivity contribution is 5.87. The third-order valence-corrected chi connectivity index (χ3v) is 2.79. The summed E-state index contributed by atoms with van der Waals surface area (Å²) in [4.78, 5) is 22.9. The van der Waals surface area contributed by atoms with Gasteiger partial charge in [-0.1, -0.05) is 19.3 Å². The molecule has 1 aliphatic rings. The van der Waals surface area contributed by atoms with Gasteiger partial charge in [-0.05, 0) is 19.8 Å². The summed E-state index contributed by atoms with van der Waals surface area (Å²) in [5.74, 6) is -0.440. The summed E-state index contributed by atoms with van der Waals surface area (Å²) >= 11 is 0. The van der Waals surface area contributed by atoms with Crippen molar-refractivity contribution in [1.82, 2.24) is 5.32 Å². The molecule has 1 N–H and O–H groups in total. The molecule has 0 atom stereocenters. The Morgan fingerprint density at radius 3 is 2.33 bits per heavy atom. The molecule has 0 aliphatic heterocycles. The Bertz CT molecular complexity index is 244. The van der Waals surface area contributed by atoms with Crippen LogP contribution in [0.4, 0.5) is 0 Å². The third kappa shape index (κ3) is 2.94. The van der Waals surface area contributed by atoms with E-state index in [0.717, 1.165) is 19.3 Å². The van der Waals surface area contributed by atoms with Crippen LogP contribution in [0.2, 0.25) is 0 Å². The van der Waals surface area contributed by atoms with Crippen LogP contribution in [0.1, 0.15) is 46.0 Å². The first-order chi connectivity index (χ1) is 7.10. The van der Waals surface area contributed by atoms with E-state index >= 15 is 0 Å². The Balaban J connectivity index is 2.74. The largest absolute Gasteiger partial charge is 0.464 e. The molecule has 0 unspecified atom stereocenters. The van der Waals surface area contributed by atoms with Crippen LogP contribution in [-0.4, -0.2) is 24.0 Å². The van der Waals surface area contributed by atoms with Gasteiger partial charge < -0.3 is 10.1 Å². The van der Waals surface area contributed by atoms with Gasteiger partial charge in [-0.15, -0.1) is 0 Å². The zero-order valence-corrected chi connectivity index (χ0v) is 9.47. The van der Waals surface area contributed by atoms with Gasteiger partial charge in [0.2, 0.25) is 5.91 Å². The van der Waals surface area contributed by atoms with Gasteiger partial charge in [0.05, 0.1) is 6.61 Å². The Labute approximate surface area is 90.4 Å². The molecular formula is C11H19NO3. The van der Waals surface area contributed by atoms with Crippen molar-refractivity contribution < 1.29 is 14.3 Å². The average molecular weight is 213 g/mol. The molecule has 86 valence electrons. The van der Waals surface area contributed by atoms with Crippen molar-refractivity contribution >= 4 is 11.9 Å². The van der Waals surface area contributed by atoms with Crippen LogP contribution in [0.25, 0.3) is 0 Å². The Kier molecular flexibility index (Phi) is 4.12. The molecule has 4 heteroatoms. The summed E-state index contributed by atoms with van der Waals surface area (Å²) in [5.41, 5.74) is -0.750. The van der Waals surface area contributed by atoms with Crippen LogP contribution < -0.4 is 5.32 Å². The van der Waals surface area contributed by atoms with E-state index in [9.17, 15) is 9.59 Å². The molecule has 0 radical (unpaired) electrons. The smallest absolute Gasteiger partial charge is 0.331 e. The number of esters is 1. The quantitative estimate of drug-likeness (QED) is 0.721. The molecule has 0 spiro atoms. The maximum absolute atomic E-state index is 11.8. The topological polar surface area (TPSA) is 55.4 Å². The number of amides is 1. The molecule has 1 fully saturated rings. The number of carbonyl (C=O) groups is 2. The van der Waals surface area contributed by atoms with E-state index in [1.807, 2.05) is 0 Å². The van der Waals surface area contributed by atoms with Crippen molar-refractivity contribution in [3.8, 4) is 0 Å². The highest BCUT2D eigenvalue weighted by Crippen LogP contribution is 2.29. The predicted molar refractivity (Wildman–Crippen MR) is 56.3 cm³/mol. The monoisotopic (exact) mass is 213 g/mol. The number of rotatable bonds is 3. The molecule has 0 aromatic heterocycles. The lowest BCUT2D eigenvalue weighted by atomic mass is 9.81. The van der Waals surface area contributed by atoms with Crippen LogP contribution >= 0.6 is 0 Å². The summed E-state index contributed by atoms with van der Waals surface area (Å²) in [5, 5.41) is 2.77.